The zero-order valence-corrected chi connectivity index (χ0v) is 19.0. The lowest BCUT2D eigenvalue weighted by Gasteiger charge is -2.33. The van der Waals surface area contributed by atoms with Gasteiger partial charge in [0, 0.05) is 42.9 Å². The van der Waals surface area contributed by atoms with E-state index in [0.717, 1.165) is 35.6 Å². The van der Waals surface area contributed by atoms with Gasteiger partial charge in [0.15, 0.2) is 5.76 Å². The van der Waals surface area contributed by atoms with E-state index in [1.54, 1.807) is 12.1 Å². The van der Waals surface area contributed by atoms with Crippen LogP contribution in [0.5, 0.6) is 0 Å². The van der Waals surface area contributed by atoms with E-state index in [1.165, 1.54) is 6.20 Å². The summed E-state index contributed by atoms with van der Waals surface area (Å²) in [5.74, 6) is 1.45. The van der Waals surface area contributed by atoms with Crippen molar-refractivity contribution in [1.82, 2.24) is 25.0 Å². The summed E-state index contributed by atoms with van der Waals surface area (Å²) in [4.78, 5) is 28.5. The van der Waals surface area contributed by atoms with Gasteiger partial charge in [-0.2, -0.15) is 0 Å². The van der Waals surface area contributed by atoms with Crippen LogP contribution in [0.4, 0.5) is 0 Å². The summed E-state index contributed by atoms with van der Waals surface area (Å²) < 4.78 is 5.53. The highest BCUT2D eigenvalue weighted by Gasteiger charge is 2.31. The van der Waals surface area contributed by atoms with Crippen LogP contribution in [0.3, 0.4) is 0 Å². The Morgan fingerprint density at radius 1 is 1.23 bits per heavy atom. The van der Waals surface area contributed by atoms with Crippen LogP contribution in [0.25, 0.3) is 11.3 Å². The van der Waals surface area contributed by atoms with Crippen molar-refractivity contribution >= 4 is 17.5 Å². The number of amides is 1. The first-order valence-corrected chi connectivity index (χ1v) is 10.8. The Morgan fingerprint density at radius 2 is 2.03 bits per heavy atom. The van der Waals surface area contributed by atoms with Crippen molar-refractivity contribution in [2.75, 3.05) is 13.1 Å². The van der Waals surface area contributed by atoms with Crippen LogP contribution in [0, 0.1) is 6.92 Å². The molecule has 0 aliphatic carbocycles. The number of carbonyl (C=O) groups is 1. The van der Waals surface area contributed by atoms with Crippen molar-refractivity contribution in [3.05, 3.63) is 58.5 Å². The predicted octanol–water partition coefficient (Wildman–Crippen LogP) is 4.81. The highest BCUT2D eigenvalue weighted by molar-refractivity contribution is 6.29. The largest absolute Gasteiger partial charge is 0.356 e. The minimum absolute atomic E-state index is 0.0453. The van der Waals surface area contributed by atoms with Crippen LogP contribution >= 0.6 is 11.6 Å². The molecular weight excluding hydrogens is 414 g/mol. The Hall–Kier alpha value is -2.80. The van der Waals surface area contributed by atoms with E-state index in [2.05, 4.69) is 35.9 Å². The third kappa shape index (κ3) is 4.61. The molecule has 31 heavy (non-hydrogen) atoms. The first-order chi connectivity index (χ1) is 14.7. The van der Waals surface area contributed by atoms with Crippen molar-refractivity contribution in [2.45, 2.75) is 51.9 Å². The maximum Gasteiger partial charge on any atom is 0.255 e. The molecule has 1 atom stereocenters. The van der Waals surface area contributed by atoms with Crippen molar-refractivity contribution in [3.8, 4) is 11.3 Å². The Balaban J connectivity index is 1.68. The lowest BCUT2D eigenvalue weighted by Crippen LogP contribution is -2.39. The second kappa shape index (κ2) is 8.38. The maximum atomic E-state index is 13.1. The Labute approximate surface area is 186 Å². The molecule has 4 rings (SSSR count). The molecule has 8 heteroatoms. The molecule has 0 N–H and O–H groups in total. The minimum atomic E-state index is -0.191. The molecule has 162 valence electrons. The molecule has 1 aliphatic heterocycles. The topological polar surface area (TPSA) is 85.0 Å². The molecule has 1 fully saturated rings. The van der Waals surface area contributed by atoms with Gasteiger partial charge in [-0.1, -0.05) is 37.5 Å². The van der Waals surface area contributed by atoms with E-state index in [-0.39, 0.29) is 17.2 Å². The number of aromatic nitrogens is 4. The lowest BCUT2D eigenvalue weighted by molar-refractivity contribution is 0.0705. The number of pyridine rings is 1. The zero-order valence-electron chi connectivity index (χ0n) is 18.2. The standard InChI is InChI=1S/C23H26ClN5O2/c1-14-10-18(31-28-14)17-12-26-22(23(2,3)4)27-20(17)16-6-5-9-29(13-16)21(30)15-7-8-19(24)25-11-15/h7-8,10-12,16H,5-6,9,13H2,1-4H3. The molecule has 3 aromatic rings. The van der Waals surface area contributed by atoms with Gasteiger partial charge in [0.2, 0.25) is 0 Å². The number of nitrogens with zero attached hydrogens (tertiary/aromatic N) is 5. The number of hydrogen-bond acceptors (Lipinski definition) is 6. The number of halogens is 1. The molecule has 1 aliphatic rings. The van der Waals surface area contributed by atoms with E-state index in [1.807, 2.05) is 24.1 Å². The third-order valence-electron chi connectivity index (χ3n) is 5.45. The van der Waals surface area contributed by atoms with Crippen molar-refractivity contribution in [1.29, 1.82) is 0 Å². The van der Waals surface area contributed by atoms with E-state index in [0.29, 0.717) is 29.6 Å². The summed E-state index contributed by atoms with van der Waals surface area (Å²) in [6.07, 6.45) is 5.18. The van der Waals surface area contributed by atoms with E-state index < -0.39 is 0 Å². The van der Waals surface area contributed by atoms with Gasteiger partial charge >= 0.3 is 0 Å². The highest BCUT2D eigenvalue weighted by Crippen LogP contribution is 2.35. The summed E-state index contributed by atoms with van der Waals surface area (Å²) >= 11 is 5.87. The third-order valence-corrected chi connectivity index (χ3v) is 5.68. The van der Waals surface area contributed by atoms with Crippen molar-refractivity contribution in [3.63, 3.8) is 0 Å². The quantitative estimate of drug-likeness (QED) is 0.544. The van der Waals surface area contributed by atoms with Crippen LogP contribution in [-0.2, 0) is 5.41 Å². The molecule has 0 saturated carbocycles. The summed E-state index contributed by atoms with van der Waals surface area (Å²) in [5, 5.41) is 4.40. The van der Waals surface area contributed by atoms with Gasteiger partial charge in [0.05, 0.1) is 22.5 Å². The van der Waals surface area contributed by atoms with Gasteiger partial charge in [0.25, 0.3) is 5.91 Å². The molecule has 0 aromatic carbocycles. The summed E-state index contributed by atoms with van der Waals surface area (Å²) in [6, 6.07) is 5.25. The fraction of sp³-hybridized carbons (Fsp3) is 0.435. The van der Waals surface area contributed by atoms with E-state index >= 15 is 0 Å². The molecular formula is C23H26ClN5O2. The fourth-order valence-electron chi connectivity index (χ4n) is 3.82. The molecule has 1 saturated heterocycles. The van der Waals surface area contributed by atoms with Crippen LogP contribution in [0.2, 0.25) is 5.15 Å². The molecule has 1 amide bonds. The monoisotopic (exact) mass is 439 g/mol. The zero-order chi connectivity index (χ0) is 22.2. The van der Waals surface area contributed by atoms with Crippen molar-refractivity contribution in [2.24, 2.45) is 0 Å². The number of carbonyl (C=O) groups excluding carboxylic acids is 1. The molecule has 0 radical (unpaired) electrons. The fourth-order valence-corrected chi connectivity index (χ4v) is 3.93. The van der Waals surface area contributed by atoms with Crippen LogP contribution in [0.15, 0.2) is 35.1 Å². The molecule has 7 nitrogen and oxygen atoms in total. The average molecular weight is 440 g/mol. The van der Waals surface area contributed by atoms with Crippen molar-refractivity contribution < 1.29 is 9.32 Å². The molecule has 1 unspecified atom stereocenters. The van der Waals surface area contributed by atoms with Gasteiger partial charge < -0.3 is 9.42 Å². The SMILES string of the molecule is Cc1cc(-c2cnc(C(C)(C)C)nc2C2CCCN(C(=O)c3ccc(Cl)nc3)C2)on1. The van der Waals surface area contributed by atoms with E-state index in [4.69, 9.17) is 21.1 Å². The smallest absolute Gasteiger partial charge is 0.255 e. The molecule has 4 heterocycles. The van der Waals surface area contributed by atoms with Gasteiger partial charge in [-0.15, -0.1) is 0 Å². The van der Waals surface area contributed by atoms with Crippen LogP contribution in [-0.4, -0.2) is 44.0 Å². The van der Waals surface area contributed by atoms with Gasteiger partial charge in [-0.05, 0) is 31.9 Å². The van der Waals surface area contributed by atoms with Crippen LogP contribution < -0.4 is 0 Å². The van der Waals surface area contributed by atoms with Gasteiger partial charge in [-0.25, -0.2) is 15.0 Å². The second-order valence-electron chi connectivity index (χ2n) is 9.03. The Bertz CT molecular complexity index is 1090. The van der Waals surface area contributed by atoms with E-state index in [9.17, 15) is 4.79 Å². The number of hydrogen-bond donors (Lipinski definition) is 0. The normalized spacial score (nSPS) is 17.1. The first kappa shape index (κ1) is 21.4. The number of aryl methyl sites for hydroxylation is 1. The number of piperidine rings is 1. The molecule has 0 bridgehead atoms. The summed E-state index contributed by atoms with van der Waals surface area (Å²) in [7, 11) is 0. The number of rotatable bonds is 3. The summed E-state index contributed by atoms with van der Waals surface area (Å²) in [5.41, 5.74) is 2.89. The molecule has 3 aromatic heterocycles. The molecule has 0 spiro atoms. The average Bonchev–Trinajstić information content (AvgIpc) is 3.19. The minimum Gasteiger partial charge on any atom is -0.356 e. The Kier molecular flexibility index (Phi) is 5.79. The Morgan fingerprint density at radius 3 is 2.68 bits per heavy atom. The lowest BCUT2D eigenvalue weighted by atomic mass is 9.89. The summed E-state index contributed by atoms with van der Waals surface area (Å²) in [6.45, 7) is 9.43. The predicted molar refractivity (Wildman–Crippen MR) is 118 cm³/mol. The van der Waals surface area contributed by atoms with Crippen LogP contribution in [0.1, 0.15) is 67.1 Å². The van der Waals surface area contributed by atoms with Gasteiger partial charge in [-0.3, -0.25) is 4.79 Å². The maximum absolute atomic E-state index is 13.1. The first-order valence-electron chi connectivity index (χ1n) is 10.4. The second-order valence-corrected chi connectivity index (χ2v) is 9.42. The van der Waals surface area contributed by atoms with Gasteiger partial charge in [0.1, 0.15) is 11.0 Å². The highest BCUT2D eigenvalue weighted by atomic mass is 35.5. The number of likely N-dealkylation sites (tertiary alicyclic amines) is 1.